The van der Waals surface area contributed by atoms with Gasteiger partial charge in [0.1, 0.15) is 0 Å². The molecule has 2 heterocycles. The maximum Gasteiger partial charge on any atom is 0.262 e. The van der Waals surface area contributed by atoms with E-state index in [1.807, 2.05) is 38.8 Å². The number of quaternary nitrogens is 1. The Kier molecular flexibility index (Phi) is 4.97. The average molecular weight is 333 g/mol. The summed E-state index contributed by atoms with van der Waals surface area (Å²) < 4.78 is 33.5. The van der Waals surface area contributed by atoms with E-state index in [1.165, 1.54) is 0 Å². The van der Waals surface area contributed by atoms with E-state index in [0.29, 0.717) is 15.5 Å². The molecule has 124 valence electrons. The third-order valence-corrected chi connectivity index (χ3v) is 3.19. The number of nitrogens with two attached hydrogens (primary N) is 1. The molecule has 0 saturated carbocycles. The van der Waals surface area contributed by atoms with Gasteiger partial charge in [-0.25, -0.2) is 8.42 Å². The second-order valence-corrected chi connectivity index (χ2v) is 6.49. The normalized spacial score (nSPS) is 12.1. The summed E-state index contributed by atoms with van der Waals surface area (Å²) in [4.78, 5) is 18.3. The average Bonchev–Trinajstić information content (AvgIpc) is 2.67. The van der Waals surface area contributed by atoms with Crippen molar-refractivity contribution in [3.63, 3.8) is 0 Å². The van der Waals surface area contributed by atoms with Crippen molar-refractivity contribution in [2.45, 2.75) is 0 Å². The van der Waals surface area contributed by atoms with Crippen molar-refractivity contribution in [1.29, 1.82) is 0 Å². The molecular weight excluding hydrogens is 314 g/mol. The maximum atomic E-state index is 11.7. The van der Waals surface area contributed by atoms with Gasteiger partial charge >= 0.3 is 0 Å². The van der Waals surface area contributed by atoms with Gasteiger partial charge in [-0.3, -0.25) is 23.0 Å². The maximum absolute atomic E-state index is 11.7. The summed E-state index contributed by atoms with van der Waals surface area (Å²) in [5.41, 5.74) is 5.95. The highest BCUT2D eigenvalue weighted by Gasteiger charge is 2.21. The number of hydrogen-bond donors (Lipinski definition) is 2. The number of aryl methyl sites for hydroxylation is 1. The van der Waals surface area contributed by atoms with Crippen LogP contribution in [0.1, 0.15) is 0 Å². The first kappa shape index (κ1) is 18.1. The quantitative estimate of drug-likeness (QED) is 0.413. The number of nitrogen functional groups attached to an aromatic ring is 1. The standard InChI is InChI=1S/C10H15N5O.CH4O4S/c1-14-7(15(2,3)4)5-6-8(14)12-10(11)13-9(6)16;1-5-6(2,3)4/h5H,1-4H3,(H2-,11,12,13,16);1H3,(H,2,3,4). The van der Waals surface area contributed by atoms with Crippen LogP contribution in [0.2, 0.25) is 0 Å². The fraction of sp³-hybridized carbons (Fsp3) is 0.455. The van der Waals surface area contributed by atoms with Gasteiger partial charge < -0.3 is 10.3 Å². The molecule has 0 spiro atoms. The molecule has 3 N–H and O–H groups in total. The smallest absolute Gasteiger partial charge is 0.262 e. The molecular formula is C11H19N5O5S. The fourth-order valence-corrected chi connectivity index (χ4v) is 1.85. The topological polar surface area (TPSA) is 143 Å². The van der Waals surface area contributed by atoms with Gasteiger partial charge in [0.15, 0.2) is 5.65 Å². The van der Waals surface area contributed by atoms with Crippen LogP contribution in [0.3, 0.4) is 0 Å². The summed E-state index contributed by atoms with van der Waals surface area (Å²) in [6.45, 7) is 0. The van der Waals surface area contributed by atoms with E-state index in [0.717, 1.165) is 12.9 Å². The molecule has 0 unspecified atom stereocenters. The SMILES string of the molecule is COS(=O)(=O)[O-].Cn1c([N+](C)(C)C)cc2c(=O)[nH]c(N)nc21. The molecule has 0 saturated heterocycles. The second-order valence-electron chi connectivity index (χ2n) is 5.34. The van der Waals surface area contributed by atoms with Crippen LogP contribution >= 0.6 is 0 Å². The lowest BCUT2D eigenvalue weighted by Gasteiger charge is -2.23. The molecule has 0 radical (unpaired) electrons. The van der Waals surface area contributed by atoms with E-state index in [9.17, 15) is 17.8 Å². The van der Waals surface area contributed by atoms with Gasteiger partial charge in [-0.2, -0.15) is 4.98 Å². The summed E-state index contributed by atoms with van der Waals surface area (Å²) in [6, 6.07) is 1.85. The van der Waals surface area contributed by atoms with Crippen LogP contribution in [-0.2, 0) is 21.6 Å². The Morgan fingerprint density at radius 2 is 1.91 bits per heavy atom. The summed E-state index contributed by atoms with van der Waals surface area (Å²) in [5.74, 6) is 1.14. The van der Waals surface area contributed by atoms with Crippen LogP contribution in [0.5, 0.6) is 0 Å². The van der Waals surface area contributed by atoms with Crippen LogP contribution < -0.4 is 15.8 Å². The summed E-state index contributed by atoms with van der Waals surface area (Å²) in [5, 5.41) is 0.569. The molecule has 0 aliphatic rings. The van der Waals surface area contributed by atoms with Crippen LogP contribution in [0.25, 0.3) is 11.0 Å². The Morgan fingerprint density at radius 3 is 2.32 bits per heavy atom. The highest BCUT2D eigenvalue weighted by molar-refractivity contribution is 7.80. The zero-order valence-corrected chi connectivity index (χ0v) is 13.8. The van der Waals surface area contributed by atoms with E-state index in [4.69, 9.17) is 5.73 Å². The zero-order valence-electron chi connectivity index (χ0n) is 12.9. The van der Waals surface area contributed by atoms with Gasteiger partial charge in [0, 0.05) is 13.1 Å². The molecule has 0 amide bonds. The Hall–Kier alpha value is -1.95. The molecule has 2 aromatic rings. The molecule has 0 aliphatic carbocycles. The Bertz CT molecular complexity index is 831. The third kappa shape index (κ3) is 4.27. The molecule has 0 aromatic carbocycles. The summed E-state index contributed by atoms with van der Waals surface area (Å²) in [7, 11) is 4.38. The highest BCUT2D eigenvalue weighted by atomic mass is 32.3. The molecule has 0 aliphatic heterocycles. The van der Waals surface area contributed by atoms with Gasteiger partial charge in [-0.1, -0.05) is 0 Å². The van der Waals surface area contributed by atoms with E-state index >= 15 is 0 Å². The first-order valence-electron chi connectivity index (χ1n) is 6.05. The fourth-order valence-electron chi connectivity index (χ4n) is 1.85. The van der Waals surface area contributed by atoms with Crippen molar-refractivity contribution >= 4 is 33.2 Å². The minimum absolute atomic E-state index is 0.145. The monoisotopic (exact) mass is 333 g/mol. The van der Waals surface area contributed by atoms with E-state index in [1.54, 1.807) is 0 Å². The van der Waals surface area contributed by atoms with Gasteiger partial charge in [0.05, 0.1) is 33.6 Å². The van der Waals surface area contributed by atoms with E-state index < -0.39 is 10.4 Å². The van der Waals surface area contributed by atoms with Crippen molar-refractivity contribution in [3.05, 3.63) is 16.4 Å². The lowest BCUT2D eigenvalue weighted by molar-refractivity contribution is 0.314. The number of anilines is 1. The molecule has 11 heteroatoms. The predicted molar refractivity (Wildman–Crippen MR) is 82.0 cm³/mol. The summed E-state index contributed by atoms with van der Waals surface area (Å²) in [6.07, 6.45) is 0. The molecule has 0 atom stereocenters. The second kappa shape index (κ2) is 6.04. The first-order chi connectivity index (χ1) is 9.86. The minimum Gasteiger partial charge on any atom is -0.726 e. The number of nitrogens with one attached hydrogen (secondary N) is 1. The lowest BCUT2D eigenvalue weighted by Crippen LogP contribution is -2.36. The largest absolute Gasteiger partial charge is 0.726 e. The van der Waals surface area contributed by atoms with Crippen LogP contribution in [0.15, 0.2) is 10.9 Å². The number of aromatic amines is 1. The lowest BCUT2D eigenvalue weighted by atomic mass is 10.4. The van der Waals surface area contributed by atoms with E-state index in [2.05, 4.69) is 14.2 Å². The van der Waals surface area contributed by atoms with Crippen LogP contribution in [0, 0.1) is 0 Å². The van der Waals surface area contributed by atoms with Crippen molar-refractivity contribution in [1.82, 2.24) is 19.0 Å². The van der Waals surface area contributed by atoms with Crippen molar-refractivity contribution in [2.75, 3.05) is 34.0 Å². The van der Waals surface area contributed by atoms with E-state index in [-0.39, 0.29) is 11.5 Å². The molecule has 0 bridgehead atoms. The molecule has 22 heavy (non-hydrogen) atoms. The van der Waals surface area contributed by atoms with Crippen molar-refractivity contribution in [3.8, 4) is 0 Å². The third-order valence-electron chi connectivity index (χ3n) is 2.78. The van der Waals surface area contributed by atoms with Gasteiger partial charge in [0.25, 0.3) is 5.56 Å². The van der Waals surface area contributed by atoms with Crippen LogP contribution in [-0.4, -0.2) is 55.8 Å². The Labute approximate surface area is 127 Å². The number of hydrogen-bond acceptors (Lipinski definition) is 7. The number of H-pyrrole nitrogens is 1. The molecule has 10 nitrogen and oxygen atoms in total. The predicted octanol–water partition coefficient (Wildman–Crippen LogP) is -0.866. The Balaban J connectivity index is 0.000000346. The van der Waals surface area contributed by atoms with Gasteiger partial charge in [-0.05, 0) is 0 Å². The van der Waals surface area contributed by atoms with Gasteiger partial charge in [-0.15, -0.1) is 0 Å². The summed E-state index contributed by atoms with van der Waals surface area (Å²) >= 11 is 0. The number of aromatic nitrogens is 3. The minimum atomic E-state index is -4.41. The van der Waals surface area contributed by atoms with Crippen LogP contribution in [0.4, 0.5) is 11.8 Å². The Morgan fingerprint density at radius 1 is 1.41 bits per heavy atom. The van der Waals surface area contributed by atoms with Gasteiger partial charge in [0.2, 0.25) is 22.2 Å². The highest BCUT2D eigenvalue weighted by Crippen LogP contribution is 2.23. The molecule has 0 fully saturated rings. The van der Waals surface area contributed by atoms with Crippen molar-refractivity contribution < 1.29 is 17.2 Å². The molecule has 2 rings (SSSR count). The zero-order chi connectivity index (χ0) is 17.3. The molecule has 2 aromatic heterocycles. The van der Waals surface area contributed by atoms with Crippen molar-refractivity contribution in [2.24, 2.45) is 7.05 Å². The number of nitrogens with zero attached hydrogens (tertiary/aromatic N) is 3. The first-order valence-corrected chi connectivity index (χ1v) is 7.39. The number of rotatable bonds is 2. The number of fused-ring (bicyclic) bond motifs is 1.